The lowest BCUT2D eigenvalue weighted by Gasteiger charge is -2.08. The molecule has 0 aliphatic carbocycles. The molecule has 0 aromatic heterocycles. The fourth-order valence-electron chi connectivity index (χ4n) is 0.998. The molecule has 0 heterocycles. The van der Waals surface area contributed by atoms with E-state index in [0.717, 1.165) is 12.1 Å². The lowest BCUT2D eigenvalue weighted by molar-refractivity contribution is -0.125. The second-order valence-electron chi connectivity index (χ2n) is 2.97. The van der Waals surface area contributed by atoms with Crippen LogP contribution < -0.4 is 5.32 Å². The predicted octanol–water partition coefficient (Wildman–Crippen LogP) is 2.62. The maximum Gasteiger partial charge on any atom is 0.401 e. The quantitative estimate of drug-likeness (QED) is 0.779. The Kier molecular flexibility index (Phi) is 3.62. The Hall–Kier alpha value is -1.17. The van der Waals surface area contributed by atoms with Crippen molar-refractivity contribution in [2.75, 3.05) is 6.54 Å². The zero-order chi connectivity index (χ0) is 11.5. The number of benzene rings is 1. The molecule has 0 fully saturated rings. The highest BCUT2D eigenvalue weighted by molar-refractivity contribution is 5.17. The molecule has 0 atom stereocenters. The van der Waals surface area contributed by atoms with E-state index in [2.05, 4.69) is 5.32 Å². The van der Waals surface area contributed by atoms with Crippen LogP contribution in [0.1, 0.15) is 5.56 Å². The molecule has 0 saturated carbocycles. The average molecular weight is 225 g/mol. The number of rotatable bonds is 3. The molecule has 0 bridgehead atoms. The van der Waals surface area contributed by atoms with Gasteiger partial charge >= 0.3 is 6.18 Å². The highest BCUT2D eigenvalue weighted by Crippen LogP contribution is 2.13. The minimum Gasteiger partial charge on any atom is -0.305 e. The molecule has 0 saturated heterocycles. The fraction of sp³-hybridized carbons (Fsp3) is 0.333. The van der Waals surface area contributed by atoms with Crippen molar-refractivity contribution in [1.82, 2.24) is 5.32 Å². The van der Waals surface area contributed by atoms with Gasteiger partial charge in [-0.05, 0) is 17.7 Å². The van der Waals surface area contributed by atoms with Gasteiger partial charge in [-0.3, -0.25) is 0 Å². The number of hydrogen-bond acceptors (Lipinski definition) is 1. The topological polar surface area (TPSA) is 12.0 Å². The summed E-state index contributed by atoms with van der Waals surface area (Å²) in [6, 6.07) is 2.96. The number of alkyl halides is 3. The molecular weight excluding hydrogens is 217 g/mol. The van der Waals surface area contributed by atoms with Crippen molar-refractivity contribution >= 4 is 0 Å². The van der Waals surface area contributed by atoms with Crippen LogP contribution >= 0.6 is 0 Å². The zero-order valence-corrected chi connectivity index (χ0v) is 7.54. The van der Waals surface area contributed by atoms with Gasteiger partial charge in [0.1, 0.15) is 0 Å². The van der Waals surface area contributed by atoms with Crippen molar-refractivity contribution in [3.63, 3.8) is 0 Å². The Balaban J connectivity index is 2.48. The van der Waals surface area contributed by atoms with Crippen LogP contribution in [0, 0.1) is 11.6 Å². The molecule has 1 aromatic rings. The standard InChI is InChI=1S/C9H8F5N/c10-7-2-1-6(3-8(7)11)4-15-5-9(12,13)14/h1-3,15H,4-5H2. The second-order valence-corrected chi connectivity index (χ2v) is 2.97. The minimum atomic E-state index is -4.31. The third kappa shape index (κ3) is 4.24. The van der Waals surface area contributed by atoms with E-state index in [-0.39, 0.29) is 12.1 Å². The largest absolute Gasteiger partial charge is 0.401 e. The van der Waals surface area contributed by atoms with E-state index in [1.807, 2.05) is 0 Å². The van der Waals surface area contributed by atoms with E-state index in [1.165, 1.54) is 6.07 Å². The van der Waals surface area contributed by atoms with E-state index in [1.54, 1.807) is 0 Å². The van der Waals surface area contributed by atoms with Crippen LogP contribution in [0.5, 0.6) is 0 Å². The van der Waals surface area contributed by atoms with Crippen LogP contribution in [0.15, 0.2) is 18.2 Å². The third-order valence-corrected chi connectivity index (χ3v) is 1.64. The molecule has 1 rings (SSSR count). The van der Waals surface area contributed by atoms with Crippen molar-refractivity contribution in [2.45, 2.75) is 12.7 Å². The van der Waals surface area contributed by atoms with Gasteiger partial charge < -0.3 is 5.32 Å². The van der Waals surface area contributed by atoms with Gasteiger partial charge in [-0.25, -0.2) is 8.78 Å². The molecule has 0 aliphatic rings. The van der Waals surface area contributed by atoms with Gasteiger partial charge in [-0.15, -0.1) is 0 Å². The molecule has 1 aromatic carbocycles. The van der Waals surface area contributed by atoms with Gasteiger partial charge in [0.05, 0.1) is 6.54 Å². The molecule has 0 spiro atoms. The van der Waals surface area contributed by atoms with Gasteiger partial charge in [-0.2, -0.15) is 13.2 Å². The van der Waals surface area contributed by atoms with E-state index < -0.39 is 24.4 Å². The van der Waals surface area contributed by atoms with Crippen molar-refractivity contribution in [3.8, 4) is 0 Å². The van der Waals surface area contributed by atoms with Crippen LogP contribution in [0.3, 0.4) is 0 Å². The Labute approximate surface area is 82.9 Å². The molecule has 0 radical (unpaired) electrons. The smallest absolute Gasteiger partial charge is 0.305 e. The molecule has 6 heteroatoms. The first-order chi connectivity index (χ1) is 6.88. The van der Waals surface area contributed by atoms with Gasteiger partial charge in [0.2, 0.25) is 0 Å². The third-order valence-electron chi connectivity index (χ3n) is 1.64. The molecule has 1 nitrogen and oxygen atoms in total. The monoisotopic (exact) mass is 225 g/mol. The van der Waals surface area contributed by atoms with Gasteiger partial charge in [0.25, 0.3) is 0 Å². The Morgan fingerprint density at radius 1 is 1.07 bits per heavy atom. The Bertz CT molecular complexity index is 334. The van der Waals surface area contributed by atoms with Gasteiger partial charge in [0.15, 0.2) is 11.6 Å². The summed E-state index contributed by atoms with van der Waals surface area (Å²) in [5, 5.41) is 2.07. The van der Waals surface area contributed by atoms with Crippen LogP contribution in [0.2, 0.25) is 0 Å². The molecule has 15 heavy (non-hydrogen) atoms. The maximum atomic E-state index is 12.6. The molecule has 0 amide bonds. The number of halogens is 5. The molecular formula is C9H8F5N. The fourth-order valence-corrected chi connectivity index (χ4v) is 0.998. The van der Waals surface area contributed by atoms with Crippen molar-refractivity contribution in [3.05, 3.63) is 35.4 Å². The minimum absolute atomic E-state index is 0.156. The summed E-state index contributed by atoms with van der Waals surface area (Å²) in [5.41, 5.74) is 0.262. The highest BCUT2D eigenvalue weighted by Gasteiger charge is 2.26. The summed E-state index contributed by atoms with van der Waals surface area (Å²) < 4.78 is 60.2. The maximum absolute atomic E-state index is 12.6. The average Bonchev–Trinajstić information content (AvgIpc) is 2.09. The van der Waals surface area contributed by atoms with E-state index in [9.17, 15) is 22.0 Å². The summed E-state index contributed by atoms with van der Waals surface area (Å²) in [4.78, 5) is 0. The Morgan fingerprint density at radius 2 is 1.73 bits per heavy atom. The van der Waals surface area contributed by atoms with Crippen molar-refractivity contribution < 1.29 is 22.0 Å². The summed E-state index contributed by atoms with van der Waals surface area (Å²) in [6.45, 7) is -1.32. The zero-order valence-electron chi connectivity index (χ0n) is 7.54. The van der Waals surface area contributed by atoms with Crippen LogP contribution in [-0.4, -0.2) is 12.7 Å². The number of hydrogen-bond donors (Lipinski definition) is 1. The SMILES string of the molecule is Fc1ccc(CNCC(F)(F)F)cc1F. The predicted molar refractivity (Wildman–Crippen MR) is 44.1 cm³/mol. The first-order valence-electron chi connectivity index (χ1n) is 4.10. The number of nitrogens with one attached hydrogen (secondary N) is 1. The summed E-state index contributed by atoms with van der Waals surface area (Å²) in [6.07, 6.45) is -4.31. The summed E-state index contributed by atoms with van der Waals surface area (Å²) in [7, 11) is 0. The summed E-state index contributed by atoms with van der Waals surface area (Å²) >= 11 is 0. The Morgan fingerprint density at radius 3 is 2.27 bits per heavy atom. The van der Waals surface area contributed by atoms with Gasteiger partial charge in [-0.1, -0.05) is 6.07 Å². The van der Waals surface area contributed by atoms with Crippen LogP contribution in [-0.2, 0) is 6.54 Å². The molecule has 84 valence electrons. The second kappa shape index (κ2) is 4.57. The van der Waals surface area contributed by atoms with E-state index >= 15 is 0 Å². The molecule has 0 unspecified atom stereocenters. The first-order valence-corrected chi connectivity index (χ1v) is 4.10. The van der Waals surface area contributed by atoms with Gasteiger partial charge in [0, 0.05) is 6.54 Å². The van der Waals surface area contributed by atoms with Crippen molar-refractivity contribution in [2.24, 2.45) is 0 Å². The first kappa shape index (κ1) is 11.9. The lowest BCUT2D eigenvalue weighted by Crippen LogP contribution is -2.28. The highest BCUT2D eigenvalue weighted by atomic mass is 19.4. The molecule has 1 N–H and O–H groups in total. The van der Waals surface area contributed by atoms with Crippen LogP contribution in [0.25, 0.3) is 0 Å². The summed E-state index contributed by atoms with van der Waals surface area (Å²) in [5.74, 6) is -2.09. The van der Waals surface area contributed by atoms with E-state index in [0.29, 0.717) is 0 Å². The lowest BCUT2D eigenvalue weighted by atomic mass is 10.2. The molecule has 0 aliphatic heterocycles. The van der Waals surface area contributed by atoms with Crippen LogP contribution in [0.4, 0.5) is 22.0 Å². The van der Waals surface area contributed by atoms with E-state index in [4.69, 9.17) is 0 Å². The normalized spacial score (nSPS) is 11.8. The van der Waals surface area contributed by atoms with Crippen molar-refractivity contribution in [1.29, 1.82) is 0 Å².